The summed E-state index contributed by atoms with van der Waals surface area (Å²) in [6.07, 6.45) is 1.88. The number of ether oxygens (including phenoxy) is 1. The minimum Gasteiger partial charge on any atom is -0.494 e. The predicted octanol–water partition coefficient (Wildman–Crippen LogP) is 1.62. The number of rotatable bonds is 9. The smallest absolute Gasteiger partial charge is 0.241 e. The molecular formula is C15H24N2O4S. The molecule has 6 nitrogen and oxygen atoms in total. The molecule has 1 amide bonds. The van der Waals surface area contributed by atoms with Gasteiger partial charge in [0.05, 0.1) is 18.0 Å². The number of sulfonamides is 1. The quantitative estimate of drug-likeness (QED) is 0.747. The van der Waals surface area contributed by atoms with Crippen LogP contribution in [0.25, 0.3) is 0 Å². The van der Waals surface area contributed by atoms with Crippen molar-refractivity contribution in [2.45, 2.75) is 31.6 Å². The van der Waals surface area contributed by atoms with Crippen LogP contribution in [0.15, 0.2) is 29.2 Å². The van der Waals surface area contributed by atoms with Crippen molar-refractivity contribution >= 4 is 15.9 Å². The molecule has 22 heavy (non-hydrogen) atoms. The lowest BCUT2D eigenvalue weighted by molar-refractivity contribution is -0.128. The van der Waals surface area contributed by atoms with Gasteiger partial charge in [0, 0.05) is 13.6 Å². The van der Waals surface area contributed by atoms with Crippen LogP contribution in [0.5, 0.6) is 5.75 Å². The molecule has 0 saturated heterocycles. The van der Waals surface area contributed by atoms with Crippen LogP contribution >= 0.6 is 0 Å². The highest BCUT2D eigenvalue weighted by molar-refractivity contribution is 7.89. The third-order valence-corrected chi connectivity index (χ3v) is 4.55. The SMILES string of the molecule is CCCCN(C)C(=O)CNS(=O)(=O)c1ccc(OCC)cc1. The first-order valence-electron chi connectivity index (χ1n) is 7.37. The molecule has 1 aromatic carbocycles. The zero-order chi connectivity index (χ0) is 16.6. The van der Waals surface area contributed by atoms with E-state index in [0.717, 1.165) is 12.8 Å². The number of amides is 1. The lowest BCUT2D eigenvalue weighted by atomic mass is 10.3. The van der Waals surface area contributed by atoms with E-state index in [1.165, 1.54) is 17.0 Å². The van der Waals surface area contributed by atoms with Crippen LogP contribution in [0.4, 0.5) is 0 Å². The Morgan fingerprint density at radius 1 is 1.23 bits per heavy atom. The van der Waals surface area contributed by atoms with Crippen molar-refractivity contribution in [3.63, 3.8) is 0 Å². The summed E-state index contributed by atoms with van der Waals surface area (Å²) in [5.74, 6) is 0.361. The van der Waals surface area contributed by atoms with E-state index in [-0.39, 0.29) is 17.3 Å². The van der Waals surface area contributed by atoms with Crippen molar-refractivity contribution in [2.75, 3.05) is 26.7 Å². The summed E-state index contributed by atoms with van der Waals surface area (Å²) in [5, 5.41) is 0. The van der Waals surface area contributed by atoms with Crippen LogP contribution in [0, 0.1) is 0 Å². The lowest BCUT2D eigenvalue weighted by Crippen LogP contribution is -2.38. The third-order valence-electron chi connectivity index (χ3n) is 3.13. The van der Waals surface area contributed by atoms with E-state index >= 15 is 0 Å². The summed E-state index contributed by atoms with van der Waals surface area (Å²) < 4.78 is 31.8. The molecule has 0 heterocycles. The second-order valence-electron chi connectivity index (χ2n) is 4.90. The maximum Gasteiger partial charge on any atom is 0.241 e. The van der Waals surface area contributed by atoms with Gasteiger partial charge in [0.2, 0.25) is 15.9 Å². The van der Waals surface area contributed by atoms with Gasteiger partial charge in [-0.05, 0) is 37.6 Å². The highest BCUT2D eigenvalue weighted by Gasteiger charge is 2.17. The molecule has 1 N–H and O–H groups in total. The number of benzene rings is 1. The van der Waals surface area contributed by atoms with E-state index in [1.807, 2.05) is 13.8 Å². The van der Waals surface area contributed by atoms with Gasteiger partial charge in [-0.3, -0.25) is 4.79 Å². The first-order valence-corrected chi connectivity index (χ1v) is 8.85. The number of hydrogen-bond donors (Lipinski definition) is 1. The van der Waals surface area contributed by atoms with E-state index < -0.39 is 10.0 Å². The van der Waals surface area contributed by atoms with Crippen molar-refractivity contribution in [1.82, 2.24) is 9.62 Å². The van der Waals surface area contributed by atoms with Gasteiger partial charge in [-0.25, -0.2) is 13.1 Å². The molecule has 0 radical (unpaired) electrons. The van der Waals surface area contributed by atoms with E-state index in [9.17, 15) is 13.2 Å². The molecule has 0 aliphatic rings. The molecule has 7 heteroatoms. The number of nitrogens with zero attached hydrogens (tertiary/aromatic N) is 1. The summed E-state index contributed by atoms with van der Waals surface area (Å²) in [6, 6.07) is 6.09. The molecule has 0 aliphatic carbocycles. The van der Waals surface area contributed by atoms with Crippen molar-refractivity contribution in [3.8, 4) is 5.75 Å². The second kappa shape index (κ2) is 8.75. The number of carbonyl (C=O) groups is 1. The molecule has 1 rings (SSSR count). The summed E-state index contributed by atoms with van der Waals surface area (Å²) in [7, 11) is -2.02. The first kappa shape index (κ1) is 18.4. The Labute approximate surface area is 132 Å². The van der Waals surface area contributed by atoms with Crippen LogP contribution in [-0.2, 0) is 14.8 Å². The molecule has 0 spiro atoms. The monoisotopic (exact) mass is 328 g/mol. The average Bonchev–Trinajstić information content (AvgIpc) is 2.51. The highest BCUT2D eigenvalue weighted by Crippen LogP contribution is 2.15. The molecule has 0 bridgehead atoms. The molecule has 0 aromatic heterocycles. The third kappa shape index (κ3) is 5.65. The van der Waals surface area contributed by atoms with Crippen molar-refractivity contribution in [2.24, 2.45) is 0 Å². The van der Waals surface area contributed by atoms with E-state index in [4.69, 9.17) is 4.74 Å². The maximum absolute atomic E-state index is 12.1. The van der Waals surface area contributed by atoms with Gasteiger partial charge in [0.25, 0.3) is 0 Å². The van der Waals surface area contributed by atoms with Crippen LogP contribution in [0.1, 0.15) is 26.7 Å². The van der Waals surface area contributed by atoms with Crippen LogP contribution < -0.4 is 9.46 Å². The van der Waals surface area contributed by atoms with Gasteiger partial charge in [0.15, 0.2) is 0 Å². The molecule has 0 unspecified atom stereocenters. The van der Waals surface area contributed by atoms with Crippen LogP contribution in [0.2, 0.25) is 0 Å². The van der Waals surface area contributed by atoms with Crippen LogP contribution in [0.3, 0.4) is 0 Å². The fraction of sp³-hybridized carbons (Fsp3) is 0.533. The lowest BCUT2D eigenvalue weighted by Gasteiger charge is -2.17. The highest BCUT2D eigenvalue weighted by atomic mass is 32.2. The Morgan fingerprint density at radius 2 is 1.86 bits per heavy atom. The van der Waals surface area contributed by atoms with Crippen molar-refractivity contribution < 1.29 is 17.9 Å². The fourth-order valence-electron chi connectivity index (χ4n) is 1.78. The van der Waals surface area contributed by atoms with Gasteiger partial charge >= 0.3 is 0 Å². The summed E-state index contributed by atoms with van der Waals surface area (Å²) in [5.41, 5.74) is 0. The predicted molar refractivity (Wildman–Crippen MR) is 85.3 cm³/mol. The zero-order valence-corrected chi connectivity index (χ0v) is 14.1. The molecular weight excluding hydrogens is 304 g/mol. The van der Waals surface area contributed by atoms with E-state index in [1.54, 1.807) is 19.2 Å². The van der Waals surface area contributed by atoms with E-state index in [0.29, 0.717) is 18.9 Å². The Bertz CT molecular complexity index is 570. The standard InChI is InChI=1S/C15H24N2O4S/c1-4-6-11-17(3)15(18)12-16-22(19,20)14-9-7-13(8-10-14)21-5-2/h7-10,16H,4-6,11-12H2,1-3H3. The number of nitrogens with one attached hydrogen (secondary N) is 1. The normalized spacial score (nSPS) is 11.2. The van der Waals surface area contributed by atoms with E-state index in [2.05, 4.69) is 4.72 Å². The number of carbonyl (C=O) groups excluding carboxylic acids is 1. The number of hydrogen-bond acceptors (Lipinski definition) is 4. The molecule has 124 valence electrons. The summed E-state index contributed by atoms with van der Waals surface area (Å²) in [6.45, 7) is 4.79. The fourth-order valence-corrected chi connectivity index (χ4v) is 2.75. The zero-order valence-electron chi connectivity index (χ0n) is 13.3. The minimum absolute atomic E-state index is 0.111. The summed E-state index contributed by atoms with van der Waals surface area (Å²) >= 11 is 0. The van der Waals surface area contributed by atoms with Gasteiger partial charge in [-0.2, -0.15) is 0 Å². The number of likely N-dealkylation sites (N-methyl/N-ethyl adjacent to an activating group) is 1. The maximum atomic E-state index is 12.1. The second-order valence-corrected chi connectivity index (χ2v) is 6.66. The molecule has 0 aliphatic heterocycles. The molecule has 1 aromatic rings. The van der Waals surface area contributed by atoms with Gasteiger partial charge in [-0.1, -0.05) is 13.3 Å². The largest absolute Gasteiger partial charge is 0.494 e. The Morgan fingerprint density at radius 3 is 2.41 bits per heavy atom. The van der Waals surface area contributed by atoms with Gasteiger partial charge < -0.3 is 9.64 Å². The van der Waals surface area contributed by atoms with Crippen LogP contribution in [-0.4, -0.2) is 46.0 Å². The first-order chi connectivity index (χ1) is 10.4. The number of unbranched alkanes of at least 4 members (excludes halogenated alkanes) is 1. The van der Waals surface area contributed by atoms with Gasteiger partial charge in [-0.15, -0.1) is 0 Å². The summed E-state index contributed by atoms with van der Waals surface area (Å²) in [4.78, 5) is 13.5. The Kier molecular flexibility index (Phi) is 7.34. The van der Waals surface area contributed by atoms with Crippen molar-refractivity contribution in [3.05, 3.63) is 24.3 Å². The Hall–Kier alpha value is -1.60. The molecule has 0 atom stereocenters. The average molecular weight is 328 g/mol. The van der Waals surface area contributed by atoms with Gasteiger partial charge in [0.1, 0.15) is 5.75 Å². The topological polar surface area (TPSA) is 75.7 Å². The minimum atomic E-state index is -3.69. The van der Waals surface area contributed by atoms with Crippen molar-refractivity contribution in [1.29, 1.82) is 0 Å². The molecule has 0 fully saturated rings. The Balaban J connectivity index is 2.61. The molecule has 0 saturated carbocycles.